The average molecular weight is 630 g/mol. The summed E-state index contributed by atoms with van der Waals surface area (Å²) in [7, 11) is 0. The fraction of sp³-hybridized carbons (Fsp3) is 0. The number of para-hydroxylation sites is 1. The van der Waals surface area contributed by atoms with Crippen LogP contribution in [0.5, 0.6) is 0 Å². The number of hydrogen-bond acceptors (Lipinski definition) is 3. The molecule has 0 saturated carbocycles. The maximum absolute atomic E-state index is 5.24. The summed E-state index contributed by atoms with van der Waals surface area (Å²) in [6.45, 7) is 0. The van der Waals surface area contributed by atoms with Crippen molar-refractivity contribution in [2.75, 3.05) is 0 Å². The Kier molecular flexibility index (Phi) is 6.05. The van der Waals surface area contributed by atoms with Gasteiger partial charge in [-0.05, 0) is 59.7 Å². The largest absolute Gasteiger partial charge is 0.309 e. The molecule has 0 radical (unpaired) electrons. The second kappa shape index (κ2) is 10.7. The van der Waals surface area contributed by atoms with Gasteiger partial charge in [0.15, 0.2) is 5.82 Å². The van der Waals surface area contributed by atoms with Gasteiger partial charge >= 0.3 is 0 Å². The Bertz CT molecular complexity index is 2830. The van der Waals surface area contributed by atoms with E-state index in [1.165, 1.54) is 47.5 Å². The van der Waals surface area contributed by atoms with Crippen molar-refractivity contribution in [3.05, 3.63) is 164 Å². The lowest BCUT2D eigenvalue weighted by molar-refractivity contribution is 1.17. The van der Waals surface area contributed by atoms with Crippen molar-refractivity contribution in [3.63, 3.8) is 0 Å². The molecule has 224 valence electrons. The summed E-state index contributed by atoms with van der Waals surface area (Å²) in [5.74, 6) is 0.709. The van der Waals surface area contributed by atoms with Crippen LogP contribution in [-0.4, -0.2) is 14.5 Å². The normalized spacial score (nSPS) is 11.8. The Morgan fingerprint density at radius 1 is 0.396 bits per heavy atom. The topological polar surface area (TPSA) is 30.7 Å². The molecule has 0 unspecified atom stereocenters. The van der Waals surface area contributed by atoms with Crippen LogP contribution in [0.15, 0.2) is 164 Å². The minimum atomic E-state index is 0.709. The molecule has 0 aliphatic rings. The van der Waals surface area contributed by atoms with Gasteiger partial charge in [0.05, 0.1) is 22.2 Å². The number of fused-ring (bicyclic) bond motifs is 7. The molecule has 4 heteroatoms. The smallest absolute Gasteiger partial charge is 0.160 e. The zero-order valence-corrected chi connectivity index (χ0v) is 26.7. The maximum Gasteiger partial charge on any atom is 0.160 e. The van der Waals surface area contributed by atoms with Gasteiger partial charge in [-0.15, -0.1) is 11.3 Å². The highest BCUT2D eigenvalue weighted by Gasteiger charge is 2.17. The third-order valence-electron chi connectivity index (χ3n) is 9.38. The van der Waals surface area contributed by atoms with Crippen LogP contribution in [0.3, 0.4) is 0 Å². The lowest BCUT2D eigenvalue weighted by Crippen LogP contribution is -1.98. The van der Waals surface area contributed by atoms with Crippen LogP contribution < -0.4 is 0 Å². The molecule has 3 aromatic heterocycles. The van der Waals surface area contributed by atoms with E-state index in [1.807, 2.05) is 23.5 Å². The van der Waals surface area contributed by atoms with Crippen LogP contribution in [0.1, 0.15) is 0 Å². The number of rotatable bonds is 4. The molecule has 48 heavy (non-hydrogen) atoms. The molecule has 3 nitrogen and oxygen atoms in total. The van der Waals surface area contributed by atoms with Gasteiger partial charge in [0, 0.05) is 53.1 Å². The van der Waals surface area contributed by atoms with E-state index in [2.05, 4.69) is 156 Å². The Balaban J connectivity index is 1.20. The fourth-order valence-corrected chi connectivity index (χ4v) is 8.26. The molecule has 0 spiro atoms. The standard InChI is InChI=1S/C44H27N3S/c1-3-12-28(13-4-1)30-22-23-35-38(25-30)45-44(46-43(35)29-14-5-2-6-15-29)31-16-11-17-32(24-31)47-39-20-9-7-18-33(39)36-27-42-37(26-40(36)47)34-19-8-10-21-41(34)48-42/h1-27H. The summed E-state index contributed by atoms with van der Waals surface area (Å²) in [4.78, 5) is 10.5. The Morgan fingerprint density at radius 3 is 1.98 bits per heavy atom. The first-order chi connectivity index (χ1) is 23.8. The molecule has 3 heterocycles. The lowest BCUT2D eigenvalue weighted by atomic mass is 10.0. The van der Waals surface area contributed by atoms with Gasteiger partial charge in [-0.2, -0.15) is 0 Å². The fourth-order valence-electron chi connectivity index (χ4n) is 7.13. The van der Waals surface area contributed by atoms with Crippen LogP contribution in [0, 0.1) is 0 Å². The summed E-state index contributed by atoms with van der Waals surface area (Å²) in [5, 5.41) is 6.15. The van der Waals surface area contributed by atoms with Crippen molar-refractivity contribution in [1.29, 1.82) is 0 Å². The summed E-state index contributed by atoms with van der Waals surface area (Å²) in [6.07, 6.45) is 0. The highest BCUT2D eigenvalue weighted by molar-refractivity contribution is 7.25. The monoisotopic (exact) mass is 629 g/mol. The van der Waals surface area contributed by atoms with Gasteiger partial charge in [-0.1, -0.05) is 115 Å². The van der Waals surface area contributed by atoms with Crippen LogP contribution in [0.4, 0.5) is 0 Å². The first-order valence-corrected chi connectivity index (χ1v) is 17.0. The number of aromatic nitrogens is 3. The molecule has 10 rings (SSSR count). The van der Waals surface area contributed by atoms with E-state index in [-0.39, 0.29) is 0 Å². The van der Waals surface area contributed by atoms with Crippen LogP contribution in [-0.2, 0) is 0 Å². The van der Waals surface area contributed by atoms with E-state index >= 15 is 0 Å². The van der Waals surface area contributed by atoms with Crippen molar-refractivity contribution >= 4 is 64.2 Å². The van der Waals surface area contributed by atoms with E-state index in [0.29, 0.717) is 5.82 Å². The third-order valence-corrected chi connectivity index (χ3v) is 10.5. The molecule has 0 saturated heterocycles. The molecular weight excluding hydrogens is 603 g/mol. The van der Waals surface area contributed by atoms with Crippen LogP contribution >= 0.6 is 11.3 Å². The second-order valence-corrected chi connectivity index (χ2v) is 13.3. The van der Waals surface area contributed by atoms with E-state index in [9.17, 15) is 0 Å². The van der Waals surface area contributed by atoms with Gasteiger partial charge in [0.1, 0.15) is 0 Å². The Labute approximate surface area is 281 Å². The van der Waals surface area contributed by atoms with Gasteiger partial charge in [0.2, 0.25) is 0 Å². The molecule has 0 bridgehead atoms. The first kappa shape index (κ1) is 27.1. The molecule has 0 fully saturated rings. The summed E-state index contributed by atoms with van der Waals surface area (Å²) >= 11 is 1.86. The number of hydrogen-bond donors (Lipinski definition) is 0. The highest BCUT2D eigenvalue weighted by atomic mass is 32.1. The summed E-state index contributed by atoms with van der Waals surface area (Å²) in [6, 6.07) is 58.3. The predicted octanol–water partition coefficient (Wildman–Crippen LogP) is 12.1. The molecular formula is C44H27N3S. The zero-order chi connectivity index (χ0) is 31.6. The second-order valence-electron chi connectivity index (χ2n) is 12.2. The van der Waals surface area contributed by atoms with Crippen molar-refractivity contribution in [2.45, 2.75) is 0 Å². The SMILES string of the molecule is c1ccc(-c2ccc3c(-c4ccccc4)nc(-c4cccc(-n5c6ccccc6c6cc7sc8ccccc8c7cc65)c4)nc3c2)cc1. The van der Waals surface area contributed by atoms with Crippen molar-refractivity contribution in [2.24, 2.45) is 0 Å². The first-order valence-electron chi connectivity index (χ1n) is 16.2. The van der Waals surface area contributed by atoms with Crippen LogP contribution in [0.25, 0.3) is 92.3 Å². The van der Waals surface area contributed by atoms with Crippen molar-refractivity contribution in [1.82, 2.24) is 14.5 Å². The Morgan fingerprint density at radius 2 is 1.12 bits per heavy atom. The third kappa shape index (κ3) is 4.27. The highest BCUT2D eigenvalue weighted by Crippen LogP contribution is 2.41. The molecule has 7 aromatic carbocycles. The quantitative estimate of drug-likeness (QED) is 0.194. The average Bonchev–Trinajstić information content (AvgIpc) is 3.68. The minimum absolute atomic E-state index is 0.709. The minimum Gasteiger partial charge on any atom is -0.309 e. The summed E-state index contributed by atoms with van der Waals surface area (Å²) < 4.78 is 5.02. The molecule has 0 aliphatic carbocycles. The van der Waals surface area contributed by atoms with Crippen LogP contribution in [0.2, 0.25) is 0 Å². The Hall–Kier alpha value is -6.10. The van der Waals surface area contributed by atoms with Crippen molar-refractivity contribution < 1.29 is 0 Å². The van der Waals surface area contributed by atoms with Gasteiger partial charge in [0.25, 0.3) is 0 Å². The lowest BCUT2D eigenvalue weighted by Gasteiger charge is -2.13. The number of benzene rings is 7. The van der Waals surface area contributed by atoms with E-state index in [1.54, 1.807) is 0 Å². The molecule has 0 amide bonds. The molecule has 0 atom stereocenters. The molecule has 0 aliphatic heterocycles. The predicted molar refractivity (Wildman–Crippen MR) is 203 cm³/mol. The van der Waals surface area contributed by atoms with E-state index < -0.39 is 0 Å². The number of thiophene rings is 1. The maximum atomic E-state index is 5.24. The molecule has 0 N–H and O–H groups in total. The summed E-state index contributed by atoms with van der Waals surface area (Å²) in [5.41, 5.74) is 9.68. The van der Waals surface area contributed by atoms with Gasteiger partial charge < -0.3 is 4.57 Å². The molecule has 10 aromatic rings. The van der Waals surface area contributed by atoms with Crippen molar-refractivity contribution in [3.8, 4) is 39.5 Å². The van der Waals surface area contributed by atoms with E-state index in [0.717, 1.165) is 39.0 Å². The van der Waals surface area contributed by atoms with Gasteiger partial charge in [-0.25, -0.2) is 9.97 Å². The van der Waals surface area contributed by atoms with Gasteiger partial charge in [-0.3, -0.25) is 0 Å². The number of nitrogens with zero attached hydrogens (tertiary/aromatic N) is 3. The van der Waals surface area contributed by atoms with E-state index in [4.69, 9.17) is 9.97 Å². The zero-order valence-electron chi connectivity index (χ0n) is 25.8.